The summed E-state index contributed by atoms with van der Waals surface area (Å²) in [6.45, 7) is 3.07. The van der Waals surface area contributed by atoms with Crippen molar-refractivity contribution in [1.29, 1.82) is 0 Å². The lowest BCUT2D eigenvalue weighted by atomic mass is 10.0. The molecule has 7 nitrogen and oxygen atoms in total. The maximum absolute atomic E-state index is 11.8. The van der Waals surface area contributed by atoms with Crippen LogP contribution in [0.25, 0.3) is 0 Å². The number of benzene rings is 1. The minimum Gasteiger partial charge on any atom is -0.409 e. The van der Waals surface area contributed by atoms with E-state index in [4.69, 9.17) is 16.7 Å². The fourth-order valence-corrected chi connectivity index (χ4v) is 1.49. The summed E-state index contributed by atoms with van der Waals surface area (Å²) in [7, 11) is 0. The predicted molar refractivity (Wildman–Crippen MR) is 74.1 cm³/mol. The molecular formula is C13H18N4O3. The van der Waals surface area contributed by atoms with Gasteiger partial charge in [0, 0.05) is 5.56 Å². The molecule has 6 N–H and O–H groups in total. The first-order chi connectivity index (χ1) is 9.26. The van der Waals surface area contributed by atoms with Crippen molar-refractivity contribution in [2.75, 3.05) is 0 Å². The zero-order valence-corrected chi connectivity index (χ0v) is 11.4. The van der Waals surface area contributed by atoms with Crippen LogP contribution in [-0.2, 0) is 16.0 Å². The number of rotatable bonds is 5. The summed E-state index contributed by atoms with van der Waals surface area (Å²) in [5, 5.41) is 14.0. The van der Waals surface area contributed by atoms with E-state index in [1.165, 1.54) is 13.8 Å². The Labute approximate surface area is 116 Å². The van der Waals surface area contributed by atoms with Crippen LogP contribution >= 0.6 is 0 Å². The lowest BCUT2D eigenvalue weighted by molar-refractivity contribution is -0.130. The largest absolute Gasteiger partial charge is 0.409 e. The van der Waals surface area contributed by atoms with Crippen molar-refractivity contribution in [2.45, 2.75) is 25.8 Å². The number of primary amides is 1. The van der Waals surface area contributed by atoms with Gasteiger partial charge in [-0.25, -0.2) is 0 Å². The maximum atomic E-state index is 11.8. The predicted octanol–water partition coefficient (Wildman–Crippen LogP) is -0.296. The van der Waals surface area contributed by atoms with Gasteiger partial charge < -0.3 is 22.0 Å². The molecule has 0 saturated carbocycles. The zero-order chi connectivity index (χ0) is 15.3. The van der Waals surface area contributed by atoms with Crippen LogP contribution in [0.5, 0.6) is 0 Å². The van der Waals surface area contributed by atoms with Crippen molar-refractivity contribution in [1.82, 2.24) is 5.32 Å². The van der Waals surface area contributed by atoms with Gasteiger partial charge in [0.05, 0.1) is 6.42 Å². The highest BCUT2D eigenvalue weighted by molar-refractivity contribution is 5.97. The summed E-state index contributed by atoms with van der Waals surface area (Å²) in [5.41, 5.74) is 10.8. The quantitative estimate of drug-likeness (QED) is 0.255. The number of carbonyl (C=O) groups is 2. The summed E-state index contributed by atoms with van der Waals surface area (Å²) in [5.74, 6) is -0.922. The number of hydrogen-bond acceptors (Lipinski definition) is 4. The third kappa shape index (κ3) is 3.98. The Kier molecular flexibility index (Phi) is 4.68. The van der Waals surface area contributed by atoms with E-state index in [1.807, 2.05) is 0 Å². The lowest BCUT2D eigenvalue weighted by Crippen LogP contribution is -2.53. The van der Waals surface area contributed by atoms with Crippen LogP contribution in [0.4, 0.5) is 0 Å². The summed E-state index contributed by atoms with van der Waals surface area (Å²) in [6, 6.07) is 6.64. The monoisotopic (exact) mass is 278 g/mol. The van der Waals surface area contributed by atoms with Gasteiger partial charge in [0.2, 0.25) is 11.8 Å². The van der Waals surface area contributed by atoms with E-state index in [1.54, 1.807) is 24.3 Å². The third-order valence-corrected chi connectivity index (χ3v) is 2.79. The standard InChI is InChI=1S/C13H18N4O3/c1-13(2,12(15)19)16-10(18)7-8-3-5-9(6-4-8)11(14)17-20/h3-6,20H,7H2,1-2H3,(H2,14,17)(H2,15,19)(H,16,18). The molecule has 0 heterocycles. The van der Waals surface area contributed by atoms with E-state index < -0.39 is 11.4 Å². The van der Waals surface area contributed by atoms with E-state index in [0.717, 1.165) is 5.56 Å². The molecule has 108 valence electrons. The molecule has 20 heavy (non-hydrogen) atoms. The van der Waals surface area contributed by atoms with Gasteiger partial charge in [-0.2, -0.15) is 0 Å². The van der Waals surface area contributed by atoms with Crippen molar-refractivity contribution in [3.8, 4) is 0 Å². The molecule has 0 aromatic heterocycles. The van der Waals surface area contributed by atoms with E-state index >= 15 is 0 Å². The van der Waals surface area contributed by atoms with E-state index in [0.29, 0.717) is 5.56 Å². The topological polar surface area (TPSA) is 131 Å². The van der Waals surface area contributed by atoms with Crippen molar-refractivity contribution in [3.63, 3.8) is 0 Å². The first kappa shape index (κ1) is 15.5. The van der Waals surface area contributed by atoms with E-state index in [-0.39, 0.29) is 18.2 Å². The Morgan fingerprint density at radius 1 is 1.25 bits per heavy atom. The molecule has 0 aliphatic rings. The number of carbonyl (C=O) groups excluding carboxylic acids is 2. The van der Waals surface area contributed by atoms with E-state index in [2.05, 4.69) is 10.5 Å². The average Bonchev–Trinajstić information content (AvgIpc) is 2.37. The zero-order valence-electron chi connectivity index (χ0n) is 11.4. The second-order valence-corrected chi connectivity index (χ2v) is 4.90. The molecule has 0 spiro atoms. The lowest BCUT2D eigenvalue weighted by Gasteiger charge is -2.22. The van der Waals surface area contributed by atoms with Gasteiger partial charge in [-0.05, 0) is 19.4 Å². The number of nitrogens with one attached hydrogen (secondary N) is 1. The number of oxime groups is 1. The Bertz CT molecular complexity index is 535. The number of amidine groups is 1. The van der Waals surface area contributed by atoms with Gasteiger partial charge in [0.1, 0.15) is 5.54 Å². The molecule has 0 saturated heterocycles. The van der Waals surface area contributed by atoms with Gasteiger partial charge in [-0.3, -0.25) is 9.59 Å². The van der Waals surface area contributed by atoms with Crippen LogP contribution in [0.1, 0.15) is 25.0 Å². The van der Waals surface area contributed by atoms with Gasteiger partial charge >= 0.3 is 0 Å². The average molecular weight is 278 g/mol. The Morgan fingerprint density at radius 2 is 1.80 bits per heavy atom. The molecule has 0 atom stereocenters. The molecule has 0 radical (unpaired) electrons. The minimum absolute atomic E-state index is 0.00383. The molecule has 1 aromatic rings. The Hall–Kier alpha value is -2.57. The summed E-state index contributed by atoms with van der Waals surface area (Å²) < 4.78 is 0. The molecule has 7 heteroatoms. The molecule has 0 aliphatic heterocycles. The van der Waals surface area contributed by atoms with Crippen LogP contribution in [0.3, 0.4) is 0 Å². The molecule has 1 rings (SSSR count). The highest BCUT2D eigenvalue weighted by Gasteiger charge is 2.26. The SMILES string of the molecule is CC(C)(NC(=O)Cc1ccc(C(N)=NO)cc1)C(N)=O. The molecule has 0 bridgehead atoms. The number of hydrogen-bond donors (Lipinski definition) is 4. The van der Waals surface area contributed by atoms with Crippen LogP contribution in [0.2, 0.25) is 0 Å². The highest BCUT2D eigenvalue weighted by atomic mass is 16.4. The molecule has 0 aliphatic carbocycles. The van der Waals surface area contributed by atoms with E-state index in [9.17, 15) is 9.59 Å². The van der Waals surface area contributed by atoms with Gasteiger partial charge in [-0.1, -0.05) is 29.4 Å². The normalized spacial score (nSPS) is 12.0. The second kappa shape index (κ2) is 6.05. The summed E-state index contributed by atoms with van der Waals surface area (Å²) in [6.07, 6.45) is 0.104. The van der Waals surface area contributed by atoms with Crippen LogP contribution in [-0.4, -0.2) is 28.4 Å². The number of amides is 2. The number of nitrogens with zero attached hydrogens (tertiary/aromatic N) is 1. The van der Waals surface area contributed by atoms with Crippen LogP contribution in [0, 0.1) is 0 Å². The van der Waals surface area contributed by atoms with Crippen LogP contribution in [0.15, 0.2) is 29.4 Å². The van der Waals surface area contributed by atoms with Crippen molar-refractivity contribution >= 4 is 17.6 Å². The maximum Gasteiger partial charge on any atom is 0.242 e. The van der Waals surface area contributed by atoms with Crippen molar-refractivity contribution in [2.24, 2.45) is 16.6 Å². The fourth-order valence-electron chi connectivity index (χ4n) is 1.49. The Morgan fingerprint density at radius 3 is 2.25 bits per heavy atom. The van der Waals surface area contributed by atoms with Crippen molar-refractivity contribution in [3.05, 3.63) is 35.4 Å². The first-order valence-corrected chi connectivity index (χ1v) is 5.94. The third-order valence-electron chi connectivity index (χ3n) is 2.79. The van der Waals surface area contributed by atoms with Crippen LogP contribution < -0.4 is 16.8 Å². The molecule has 2 amide bonds. The molecule has 0 unspecified atom stereocenters. The van der Waals surface area contributed by atoms with Gasteiger partial charge in [0.15, 0.2) is 5.84 Å². The smallest absolute Gasteiger partial charge is 0.242 e. The minimum atomic E-state index is -1.09. The summed E-state index contributed by atoms with van der Waals surface area (Å²) in [4.78, 5) is 22.9. The van der Waals surface area contributed by atoms with Gasteiger partial charge in [0.25, 0.3) is 0 Å². The molecular weight excluding hydrogens is 260 g/mol. The Balaban J connectivity index is 2.70. The summed E-state index contributed by atoms with van der Waals surface area (Å²) >= 11 is 0. The fraction of sp³-hybridized carbons (Fsp3) is 0.308. The first-order valence-electron chi connectivity index (χ1n) is 5.94. The van der Waals surface area contributed by atoms with Crippen molar-refractivity contribution < 1.29 is 14.8 Å². The molecule has 1 aromatic carbocycles. The number of nitrogens with two attached hydrogens (primary N) is 2. The highest BCUT2D eigenvalue weighted by Crippen LogP contribution is 2.07. The van der Waals surface area contributed by atoms with Gasteiger partial charge in [-0.15, -0.1) is 0 Å². The molecule has 0 fully saturated rings. The second-order valence-electron chi connectivity index (χ2n) is 4.90.